The van der Waals surface area contributed by atoms with Crippen molar-refractivity contribution in [1.82, 2.24) is 4.98 Å². The zero-order valence-electron chi connectivity index (χ0n) is 10.1. The van der Waals surface area contributed by atoms with Gasteiger partial charge in [0.05, 0.1) is 10.2 Å². The van der Waals surface area contributed by atoms with Gasteiger partial charge < -0.3 is 10.2 Å². The number of aromatic nitrogens is 1. The van der Waals surface area contributed by atoms with Gasteiger partial charge in [0, 0.05) is 0 Å². The monoisotopic (exact) mass is 249 g/mol. The van der Waals surface area contributed by atoms with E-state index in [0.717, 1.165) is 5.52 Å². The fourth-order valence-electron chi connectivity index (χ4n) is 2.53. The molecule has 3 rings (SSSR count). The van der Waals surface area contributed by atoms with Crippen LogP contribution in [0.4, 0.5) is 0 Å². The fourth-order valence-corrected chi connectivity index (χ4v) is 3.60. The smallest absolute Gasteiger partial charge is 0.151 e. The van der Waals surface area contributed by atoms with Gasteiger partial charge in [0.25, 0.3) is 0 Å². The molecule has 0 spiro atoms. The fraction of sp³-hybridized carbons (Fsp3) is 0.462. The Morgan fingerprint density at radius 1 is 1.29 bits per heavy atom. The first kappa shape index (κ1) is 11.1. The van der Waals surface area contributed by atoms with Gasteiger partial charge in [-0.25, -0.2) is 4.98 Å². The second-order valence-corrected chi connectivity index (χ2v) is 5.83. The van der Waals surface area contributed by atoms with Crippen LogP contribution >= 0.6 is 11.3 Å². The van der Waals surface area contributed by atoms with Crippen molar-refractivity contribution >= 4 is 21.6 Å². The van der Waals surface area contributed by atoms with Crippen LogP contribution in [0.25, 0.3) is 10.2 Å². The Hall–Kier alpha value is -0.970. The summed E-state index contributed by atoms with van der Waals surface area (Å²) in [7, 11) is 0. The Kier molecular flexibility index (Phi) is 3.09. The van der Waals surface area contributed by atoms with Gasteiger partial charge in [-0.2, -0.15) is 0 Å². The topological polar surface area (TPSA) is 33.9 Å². The molecule has 0 amide bonds. The molecule has 0 saturated carbocycles. The Bertz CT molecular complexity index is 469. The number of thiazole rings is 1. The third kappa shape index (κ3) is 2.20. The minimum Gasteiger partial charge on any atom is -0.337 e. The average molecular weight is 249 g/mol. The molecule has 0 radical (unpaired) electrons. The molecule has 4 heteroatoms. The number of hydrogen-bond donors (Lipinski definition) is 2. The van der Waals surface area contributed by atoms with Crippen molar-refractivity contribution in [2.75, 3.05) is 26.2 Å². The Morgan fingerprint density at radius 3 is 2.82 bits per heavy atom. The van der Waals surface area contributed by atoms with Crippen LogP contribution in [0.1, 0.15) is 18.0 Å². The minimum atomic E-state index is 0.543. The molecular formula is C13H19N3S+2. The van der Waals surface area contributed by atoms with Crippen LogP contribution in [0.3, 0.4) is 0 Å². The second-order valence-electron chi connectivity index (χ2n) is 4.77. The van der Waals surface area contributed by atoms with Crippen molar-refractivity contribution in [3.63, 3.8) is 0 Å². The van der Waals surface area contributed by atoms with Crippen molar-refractivity contribution in [3.8, 4) is 0 Å². The predicted molar refractivity (Wildman–Crippen MR) is 70.4 cm³/mol. The van der Waals surface area contributed by atoms with Crippen molar-refractivity contribution in [2.24, 2.45) is 0 Å². The van der Waals surface area contributed by atoms with Crippen molar-refractivity contribution in [3.05, 3.63) is 29.3 Å². The molecule has 1 aromatic heterocycles. The van der Waals surface area contributed by atoms with Gasteiger partial charge in [-0.05, 0) is 19.1 Å². The van der Waals surface area contributed by atoms with Gasteiger partial charge in [0.2, 0.25) is 0 Å². The first-order chi connectivity index (χ1) is 8.34. The van der Waals surface area contributed by atoms with E-state index in [0.29, 0.717) is 6.04 Å². The van der Waals surface area contributed by atoms with Crippen molar-refractivity contribution in [2.45, 2.75) is 13.0 Å². The summed E-state index contributed by atoms with van der Waals surface area (Å²) in [6.07, 6.45) is 0. The lowest BCUT2D eigenvalue weighted by Crippen LogP contribution is -3.20. The van der Waals surface area contributed by atoms with E-state index >= 15 is 0 Å². The quantitative estimate of drug-likeness (QED) is 0.761. The minimum absolute atomic E-state index is 0.543. The van der Waals surface area contributed by atoms with Gasteiger partial charge in [-0.3, -0.25) is 0 Å². The largest absolute Gasteiger partial charge is 0.337 e. The van der Waals surface area contributed by atoms with Gasteiger partial charge in [-0.15, -0.1) is 11.3 Å². The Balaban J connectivity index is 1.86. The zero-order chi connectivity index (χ0) is 11.7. The summed E-state index contributed by atoms with van der Waals surface area (Å²) in [5, 5.41) is 3.71. The van der Waals surface area contributed by atoms with Crippen LogP contribution in [0.5, 0.6) is 0 Å². The molecule has 2 heterocycles. The van der Waals surface area contributed by atoms with E-state index in [2.05, 4.69) is 36.5 Å². The molecule has 1 aromatic carbocycles. The number of piperazine rings is 1. The van der Waals surface area contributed by atoms with Gasteiger partial charge >= 0.3 is 0 Å². The molecule has 0 aliphatic carbocycles. The highest BCUT2D eigenvalue weighted by Crippen LogP contribution is 2.24. The van der Waals surface area contributed by atoms with E-state index in [1.165, 1.54) is 35.9 Å². The summed E-state index contributed by atoms with van der Waals surface area (Å²) in [5.41, 5.74) is 1.15. The molecule has 1 saturated heterocycles. The number of quaternary nitrogens is 2. The number of nitrogens with one attached hydrogen (secondary N) is 1. The predicted octanol–water partition coefficient (Wildman–Crippen LogP) is -0.181. The molecule has 1 fully saturated rings. The highest BCUT2D eigenvalue weighted by molar-refractivity contribution is 7.18. The Labute approximate surface area is 105 Å². The van der Waals surface area contributed by atoms with Crippen LogP contribution in [0, 0.1) is 0 Å². The van der Waals surface area contributed by atoms with Crippen molar-refractivity contribution < 1.29 is 10.2 Å². The maximum absolute atomic E-state index is 4.78. The van der Waals surface area contributed by atoms with Crippen LogP contribution < -0.4 is 10.2 Å². The lowest BCUT2D eigenvalue weighted by atomic mass is 10.2. The molecule has 1 atom stereocenters. The van der Waals surface area contributed by atoms with E-state index in [1.54, 1.807) is 4.90 Å². The average Bonchev–Trinajstić information content (AvgIpc) is 2.82. The number of benzene rings is 1. The maximum Gasteiger partial charge on any atom is 0.151 e. The van der Waals surface area contributed by atoms with Crippen LogP contribution in [-0.4, -0.2) is 31.2 Å². The third-order valence-corrected chi connectivity index (χ3v) is 4.85. The number of fused-ring (bicyclic) bond motifs is 1. The SMILES string of the molecule is C[C@H](c1nc2ccccc2s1)[NH+]1CC[NH2+]CC1. The zero-order valence-corrected chi connectivity index (χ0v) is 11.0. The summed E-state index contributed by atoms with van der Waals surface area (Å²) in [5.74, 6) is 0. The molecule has 1 aliphatic heterocycles. The van der Waals surface area contributed by atoms with E-state index < -0.39 is 0 Å². The summed E-state index contributed by atoms with van der Waals surface area (Å²) in [6.45, 7) is 7.35. The molecule has 1 aliphatic rings. The molecule has 0 unspecified atom stereocenters. The van der Waals surface area contributed by atoms with E-state index in [4.69, 9.17) is 4.98 Å². The number of rotatable bonds is 2. The van der Waals surface area contributed by atoms with Crippen LogP contribution in [0.2, 0.25) is 0 Å². The number of nitrogens with two attached hydrogens (primary N) is 1. The first-order valence-electron chi connectivity index (χ1n) is 6.36. The highest BCUT2D eigenvalue weighted by Gasteiger charge is 2.25. The van der Waals surface area contributed by atoms with Crippen LogP contribution in [0.15, 0.2) is 24.3 Å². The highest BCUT2D eigenvalue weighted by atomic mass is 32.1. The van der Waals surface area contributed by atoms with Gasteiger partial charge in [0.1, 0.15) is 32.2 Å². The molecule has 17 heavy (non-hydrogen) atoms. The molecule has 3 N–H and O–H groups in total. The van der Waals surface area contributed by atoms with Gasteiger partial charge in [0.15, 0.2) is 5.01 Å². The first-order valence-corrected chi connectivity index (χ1v) is 7.18. The molecule has 2 aromatic rings. The lowest BCUT2D eigenvalue weighted by Gasteiger charge is -2.26. The van der Waals surface area contributed by atoms with Gasteiger partial charge in [-0.1, -0.05) is 12.1 Å². The normalized spacial score (nSPS) is 19.6. The standard InChI is InChI=1S/C13H17N3S/c1-10(16-8-6-14-7-9-16)13-15-11-4-2-3-5-12(11)17-13/h2-5,10,14H,6-9H2,1H3/p+2/t10-/m1/s1. The summed E-state index contributed by atoms with van der Waals surface area (Å²) >= 11 is 1.86. The second kappa shape index (κ2) is 4.72. The summed E-state index contributed by atoms with van der Waals surface area (Å²) in [4.78, 5) is 6.46. The molecule has 3 nitrogen and oxygen atoms in total. The number of hydrogen-bond acceptors (Lipinski definition) is 2. The lowest BCUT2D eigenvalue weighted by molar-refractivity contribution is -0.970. The number of nitrogens with zero attached hydrogens (tertiary/aromatic N) is 1. The van der Waals surface area contributed by atoms with Crippen LogP contribution in [-0.2, 0) is 0 Å². The Morgan fingerprint density at radius 2 is 2.06 bits per heavy atom. The summed E-state index contributed by atoms with van der Waals surface area (Å²) in [6, 6.07) is 8.99. The third-order valence-electron chi connectivity index (χ3n) is 3.63. The maximum atomic E-state index is 4.78. The van der Waals surface area contributed by atoms with E-state index in [-0.39, 0.29) is 0 Å². The van der Waals surface area contributed by atoms with E-state index in [9.17, 15) is 0 Å². The van der Waals surface area contributed by atoms with Crippen molar-refractivity contribution in [1.29, 1.82) is 0 Å². The summed E-state index contributed by atoms with van der Waals surface area (Å²) < 4.78 is 1.32. The molecule has 0 bridgehead atoms. The number of para-hydroxylation sites is 1. The molecular weight excluding hydrogens is 230 g/mol. The molecule has 90 valence electrons. The van der Waals surface area contributed by atoms with E-state index in [1.807, 2.05) is 11.3 Å².